The predicted molar refractivity (Wildman–Crippen MR) is 131 cm³/mol. The largest absolute Gasteiger partial charge is 0.479 e. The third kappa shape index (κ3) is 7.12. The van der Waals surface area contributed by atoms with E-state index in [0.29, 0.717) is 5.71 Å². The lowest BCUT2D eigenvalue weighted by Crippen LogP contribution is -2.54. The van der Waals surface area contributed by atoms with Gasteiger partial charge in [0.15, 0.2) is 23.2 Å². The summed E-state index contributed by atoms with van der Waals surface area (Å²) >= 11 is 0. The molecule has 12 heteroatoms. The summed E-state index contributed by atoms with van der Waals surface area (Å²) in [6, 6.07) is 7.35. The van der Waals surface area contributed by atoms with Crippen molar-refractivity contribution in [2.75, 3.05) is 6.61 Å². The van der Waals surface area contributed by atoms with Crippen molar-refractivity contribution in [1.82, 2.24) is 5.32 Å². The number of Topliss-reactive ketones (excluding diaryl/α,β-unsaturated/α-hetero) is 1. The highest BCUT2D eigenvalue weighted by Gasteiger charge is 2.46. The molecule has 0 fully saturated rings. The highest BCUT2D eigenvalue weighted by Crippen LogP contribution is 2.31. The zero-order valence-corrected chi connectivity index (χ0v) is 21.8. The number of rotatable bonds is 10. The highest BCUT2D eigenvalue weighted by atomic mass is 19.2. The Bertz CT molecular complexity index is 1250. The van der Waals surface area contributed by atoms with Crippen LogP contribution in [0, 0.1) is 23.3 Å². The van der Waals surface area contributed by atoms with Gasteiger partial charge in [0.2, 0.25) is 17.2 Å². The summed E-state index contributed by atoms with van der Waals surface area (Å²) in [5.74, 6) is -11.3. The minimum Gasteiger partial charge on any atom is -0.479 e. The molecular formula is C27H28F4N2O6. The smallest absolute Gasteiger partial charge is 0.308 e. The van der Waals surface area contributed by atoms with Crippen molar-refractivity contribution >= 4 is 23.4 Å². The topological polar surface area (TPSA) is 103 Å². The van der Waals surface area contributed by atoms with Gasteiger partial charge in [0.05, 0.1) is 12.1 Å². The van der Waals surface area contributed by atoms with Crippen LogP contribution in [0.2, 0.25) is 0 Å². The molecule has 2 atom stereocenters. The zero-order valence-electron chi connectivity index (χ0n) is 21.8. The summed E-state index contributed by atoms with van der Waals surface area (Å²) < 4.78 is 65.0. The average molecular weight is 553 g/mol. The van der Waals surface area contributed by atoms with Crippen LogP contribution in [0.25, 0.3) is 0 Å². The lowest BCUT2D eigenvalue weighted by Gasteiger charge is -2.27. The molecule has 1 unspecified atom stereocenters. The maximum atomic E-state index is 14.0. The number of carbonyl (C=O) groups excluding carboxylic acids is 3. The van der Waals surface area contributed by atoms with Crippen molar-refractivity contribution in [3.05, 3.63) is 65.2 Å². The molecule has 0 aliphatic carbocycles. The first-order chi connectivity index (χ1) is 18.3. The van der Waals surface area contributed by atoms with Gasteiger partial charge < -0.3 is 19.6 Å². The molecule has 0 bridgehead atoms. The fourth-order valence-corrected chi connectivity index (χ4v) is 3.74. The van der Waals surface area contributed by atoms with Crippen molar-refractivity contribution in [2.24, 2.45) is 5.16 Å². The summed E-state index contributed by atoms with van der Waals surface area (Å²) in [6.07, 6.45) is -0.469. The van der Waals surface area contributed by atoms with Gasteiger partial charge in [-0.15, -0.1) is 0 Å². The van der Waals surface area contributed by atoms with Gasteiger partial charge in [-0.2, -0.15) is 8.78 Å². The van der Waals surface area contributed by atoms with E-state index in [-0.39, 0.29) is 18.9 Å². The third-order valence-electron chi connectivity index (χ3n) is 5.79. The predicted octanol–water partition coefficient (Wildman–Crippen LogP) is 4.38. The van der Waals surface area contributed by atoms with E-state index < -0.39 is 76.9 Å². The average Bonchev–Trinajstić information content (AvgIpc) is 3.32. The first kappa shape index (κ1) is 29.6. The standard InChI is InChI=1S/C27H28F4N2O6/c1-5-27(13-19(33-39-27)15-9-7-6-8-10-15)25(36)32-18(12-21(35)38-26(2,3)4)20(34)14-37-24-22(30)16(28)11-17(29)23(24)31/h6-11,18H,5,12-14H2,1-4H3,(H,32,36)/t18-,27?/m0/s1. The number of ketones is 1. The van der Waals surface area contributed by atoms with E-state index in [1.54, 1.807) is 52.0 Å². The highest BCUT2D eigenvalue weighted by molar-refractivity contribution is 6.06. The van der Waals surface area contributed by atoms with Gasteiger partial charge in [-0.25, -0.2) is 8.78 Å². The molecule has 0 radical (unpaired) electrons. The van der Waals surface area contributed by atoms with Crippen LogP contribution >= 0.6 is 0 Å². The van der Waals surface area contributed by atoms with E-state index in [2.05, 4.69) is 10.5 Å². The van der Waals surface area contributed by atoms with Crippen LogP contribution in [-0.4, -0.2) is 47.2 Å². The summed E-state index contributed by atoms with van der Waals surface area (Å²) in [5.41, 5.74) is -1.22. The number of hydrogen-bond acceptors (Lipinski definition) is 7. The fourth-order valence-electron chi connectivity index (χ4n) is 3.74. The lowest BCUT2D eigenvalue weighted by molar-refractivity contribution is -0.157. The molecule has 1 aliphatic rings. The summed E-state index contributed by atoms with van der Waals surface area (Å²) in [4.78, 5) is 44.3. The minimum absolute atomic E-state index is 0.0115. The van der Waals surface area contributed by atoms with E-state index in [0.717, 1.165) is 5.56 Å². The molecule has 8 nitrogen and oxygen atoms in total. The molecule has 39 heavy (non-hydrogen) atoms. The number of benzene rings is 2. The van der Waals surface area contributed by atoms with Crippen LogP contribution in [0.4, 0.5) is 17.6 Å². The summed E-state index contributed by atoms with van der Waals surface area (Å²) in [7, 11) is 0. The van der Waals surface area contributed by atoms with Gasteiger partial charge in [0, 0.05) is 12.5 Å². The molecular weight excluding hydrogens is 524 g/mol. The van der Waals surface area contributed by atoms with Gasteiger partial charge >= 0.3 is 5.97 Å². The number of esters is 1. The van der Waals surface area contributed by atoms with Crippen molar-refractivity contribution < 1.29 is 46.3 Å². The van der Waals surface area contributed by atoms with E-state index in [1.807, 2.05) is 6.07 Å². The van der Waals surface area contributed by atoms with Crippen molar-refractivity contribution in [3.63, 3.8) is 0 Å². The Labute approximate surface area is 222 Å². The zero-order chi connectivity index (χ0) is 29.0. The number of carbonyl (C=O) groups is 3. The lowest BCUT2D eigenvalue weighted by atomic mass is 9.90. The Balaban J connectivity index is 1.80. The molecule has 1 N–H and O–H groups in total. The Morgan fingerprint density at radius 1 is 1.08 bits per heavy atom. The fraction of sp³-hybridized carbons (Fsp3) is 0.407. The number of amides is 1. The van der Waals surface area contributed by atoms with Crippen LogP contribution in [0.15, 0.2) is 41.6 Å². The Hall–Kier alpha value is -3.96. The van der Waals surface area contributed by atoms with Gasteiger partial charge in [-0.3, -0.25) is 14.4 Å². The van der Waals surface area contributed by atoms with E-state index in [9.17, 15) is 31.9 Å². The molecule has 0 spiro atoms. The number of nitrogens with zero attached hydrogens (tertiary/aromatic N) is 1. The molecule has 2 aromatic rings. The summed E-state index contributed by atoms with van der Waals surface area (Å²) in [5, 5.41) is 6.45. The van der Waals surface area contributed by atoms with Crippen LogP contribution in [-0.2, 0) is 24.0 Å². The van der Waals surface area contributed by atoms with Crippen molar-refractivity contribution in [1.29, 1.82) is 0 Å². The molecule has 1 aliphatic heterocycles. The molecule has 0 saturated heterocycles. The van der Waals surface area contributed by atoms with Gasteiger partial charge in [0.25, 0.3) is 5.91 Å². The molecule has 2 aromatic carbocycles. The van der Waals surface area contributed by atoms with Gasteiger partial charge in [-0.1, -0.05) is 42.4 Å². The van der Waals surface area contributed by atoms with Crippen LogP contribution in [0.1, 0.15) is 52.5 Å². The maximum absolute atomic E-state index is 14.0. The minimum atomic E-state index is -1.84. The Morgan fingerprint density at radius 3 is 2.26 bits per heavy atom. The second-order valence-corrected chi connectivity index (χ2v) is 9.89. The van der Waals surface area contributed by atoms with Crippen LogP contribution in [0.5, 0.6) is 5.75 Å². The van der Waals surface area contributed by atoms with Crippen LogP contribution < -0.4 is 10.1 Å². The third-order valence-corrected chi connectivity index (χ3v) is 5.79. The van der Waals surface area contributed by atoms with Gasteiger partial charge in [-0.05, 0) is 32.8 Å². The number of oxime groups is 1. The maximum Gasteiger partial charge on any atom is 0.308 e. The first-order valence-corrected chi connectivity index (χ1v) is 12.1. The monoisotopic (exact) mass is 552 g/mol. The molecule has 1 heterocycles. The summed E-state index contributed by atoms with van der Waals surface area (Å²) in [6.45, 7) is 5.31. The Kier molecular flexibility index (Phi) is 8.98. The molecule has 0 aromatic heterocycles. The molecule has 3 rings (SSSR count). The number of ether oxygens (including phenoxy) is 2. The first-order valence-electron chi connectivity index (χ1n) is 12.1. The Morgan fingerprint density at radius 2 is 1.69 bits per heavy atom. The van der Waals surface area contributed by atoms with E-state index in [1.165, 1.54) is 0 Å². The molecule has 0 saturated carbocycles. The molecule has 210 valence electrons. The van der Waals surface area contributed by atoms with Crippen molar-refractivity contribution in [2.45, 2.75) is 64.2 Å². The van der Waals surface area contributed by atoms with Gasteiger partial charge in [0.1, 0.15) is 18.2 Å². The number of nitrogens with one attached hydrogen (secondary N) is 1. The van der Waals surface area contributed by atoms with Crippen LogP contribution in [0.3, 0.4) is 0 Å². The van der Waals surface area contributed by atoms with E-state index in [4.69, 9.17) is 14.3 Å². The number of halogens is 4. The quantitative estimate of drug-likeness (QED) is 0.267. The molecule has 1 amide bonds. The normalized spacial score (nSPS) is 17.6. The SMILES string of the molecule is CCC1(C(=O)N[C@@H](CC(=O)OC(C)(C)C)C(=O)COc2c(F)c(F)cc(F)c2F)CC(c2ccccc2)=NO1. The second-order valence-electron chi connectivity index (χ2n) is 9.89. The van der Waals surface area contributed by atoms with Crippen molar-refractivity contribution in [3.8, 4) is 5.75 Å². The van der Waals surface area contributed by atoms with E-state index >= 15 is 0 Å². The second kappa shape index (κ2) is 11.8. The number of hydrogen-bond donors (Lipinski definition) is 1.